The maximum Gasteiger partial charge on any atom is 0.234 e. The Morgan fingerprint density at radius 2 is 2.12 bits per heavy atom. The van der Waals surface area contributed by atoms with E-state index in [0.717, 1.165) is 44.1 Å². The summed E-state index contributed by atoms with van der Waals surface area (Å²) >= 11 is 0. The fourth-order valence-electron chi connectivity index (χ4n) is 2.81. The standard InChI is InChI=1S/C16H24N6O2/c1-24-12-2-5-18-16(23)13-20-8-10-21(11-9-20)15-4-3-14-17-6-7-22(14)19-15/h3-4,6-7H,2,5,8-13H2,1H3,(H,18,23). The van der Waals surface area contributed by atoms with E-state index in [-0.39, 0.29) is 5.91 Å². The first kappa shape index (κ1) is 16.7. The van der Waals surface area contributed by atoms with Gasteiger partial charge >= 0.3 is 0 Å². The Labute approximate surface area is 141 Å². The van der Waals surface area contributed by atoms with Crippen molar-refractivity contribution in [2.75, 3.05) is 57.9 Å². The number of imidazole rings is 1. The van der Waals surface area contributed by atoms with Crippen molar-refractivity contribution < 1.29 is 9.53 Å². The van der Waals surface area contributed by atoms with Crippen LogP contribution in [0.15, 0.2) is 24.5 Å². The number of rotatable bonds is 7. The molecule has 8 nitrogen and oxygen atoms in total. The van der Waals surface area contributed by atoms with Crippen LogP contribution in [0.4, 0.5) is 5.82 Å². The molecule has 0 unspecified atom stereocenters. The van der Waals surface area contributed by atoms with E-state index in [2.05, 4.69) is 25.2 Å². The SMILES string of the molecule is COCCCNC(=O)CN1CCN(c2ccc3nccn3n2)CC1. The molecule has 1 fully saturated rings. The second kappa shape index (κ2) is 8.07. The minimum atomic E-state index is 0.0810. The smallest absolute Gasteiger partial charge is 0.234 e. The summed E-state index contributed by atoms with van der Waals surface area (Å²) in [4.78, 5) is 20.5. The lowest BCUT2D eigenvalue weighted by Gasteiger charge is -2.34. The van der Waals surface area contributed by atoms with Crippen LogP contribution in [0.25, 0.3) is 5.65 Å². The zero-order valence-electron chi connectivity index (χ0n) is 14.0. The second-order valence-corrected chi connectivity index (χ2v) is 5.88. The monoisotopic (exact) mass is 332 g/mol. The van der Waals surface area contributed by atoms with E-state index >= 15 is 0 Å². The molecule has 1 N–H and O–H groups in total. The first-order valence-electron chi connectivity index (χ1n) is 8.29. The summed E-state index contributed by atoms with van der Waals surface area (Å²) in [6, 6.07) is 3.97. The summed E-state index contributed by atoms with van der Waals surface area (Å²) in [6.07, 6.45) is 4.44. The number of hydrogen-bond donors (Lipinski definition) is 1. The first-order valence-corrected chi connectivity index (χ1v) is 8.29. The zero-order chi connectivity index (χ0) is 16.8. The van der Waals surface area contributed by atoms with E-state index in [1.54, 1.807) is 17.8 Å². The van der Waals surface area contributed by atoms with E-state index in [1.807, 2.05) is 18.3 Å². The van der Waals surface area contributed by atoms with Crippen LogP contribution < -0.4 is 10.2 Å². The highest BCUT2D eigenvalue weighted by atomic mass is 16.5. The number of amides is 1. The number of aromatic nitrogens is 3. The maximum absolute atomic E-state index is 11.9. The minimum absolute atomic E-state index is 0.0810. The number of carbonyl (C=O) groups is 1. The number of nitrogens with one attached hydrogen (secondary N) is 1. The molecule has 0 spiro atoms. The molecule has 0 atom stereocenters. The highest BCUT2D eigenvalue weighted by Crippen LogP contribution is 2.14. The van der Waals surface area contributed by atoms with Gasteiger partial charge in [-0.25, -0.2) is 9.50 Å². The van der Waals surface area contributed by atoms with Gasteiger partial charge in [0.25, 0.3) is 0 Å². The number of ether oxygens (including phenoxy) is 1. The van der Waals surface area contributed by atoms with Crippen LogP contribution in [0.2, 0.25) is 0 Å². The lowest BCUT2D eigenvalue weighted by Crippen LogP contribution is -2.49. The Hall–Kier alpha value is -2.19. The molecule has 3 heterocycles. The van der Waals surface area contributed by atoms with Gasteiger partial charge in [-0.3, -0.25) is 9.69 Å². The lowest BCUT2D eigenvalue weighted by molar-refractivity contribution is -0.122. The van der Waals surface area contributed by atoms with Crippen molar-refractivity contribution >= 4 is 17.4 Å². The molecule has 1 aliphatic rings. The van der Waals surface area contributed by atoms with E-state index in [4.69, 9.17) is 4.74 Å². The number of piperazine rings is 1. The molecular weight excluding hydrogens is 308 g/mol. The Balaban J connectivity index is 1.44. The third kappa shape index (κ3) is 4.21. The van der Waals surface area contributed by atoms with Crippen molar-refractivity contribution in [1.29, 1.82) is 0 Å². The summed E-state index contributed by atoms with van der Waals surface area (Å²) in [5.74, 6) is 1.03. The molecule has 130 valence electrons. The van der Waals surface area contributed by atoms with E-state index in [0.29, 0.717) is 19.7 Å². The third-order valence-corrected chi connectivity index (χ3v) is 4.15. The van der Waals surface area contributed by atoms with Crippen molar-refractivity contribution in [1.82, 2.24) is 24.8 Å². The van der Waals surface area contributed by atoms with Gasteiger partial charge in [0.2, 0.25) is 5.91 Å². The summed E-state index contributed by atoms with van der Waals surface area (Å²) in [6.45, 7) is 5.24. The molecule has 2 aromatic heterocycles. The predicted molar refractivity (Wildman–Crippen MR) is 91.1 cm³/mol. The van der Waals surface area contributed by atoms with Crippen LogP contribution in [0.5, 0.6) is 0 Å². The minimum Gasteiger partial charge on any atom is -0.385 e. The Morgan fingerprint density at radius 3 is 2.92 bits per heavy atom. The third-order valence-electron chi connectivity index (χ3n) is 4.15. The van der Waals surface area contributed by atoms with Gasteiger partial charge in [0.1, 0.15) is 5.82 Å². The van der Waals surface area contributed by atoms with E-state index in [1.165, 1.54) is 0 Å². The number of anilines is 1. The molecule has 1 aliphatic heterocycles. The van der Waals surface area contributed by atoms with Crippen LogP contribution in [-0.4, -0.2) is 78.4 Å². The quantitative estimate of drug-likeness (QED) is 0.720. The fourth-order valence-corrected chi connectivity index (χ4v) is 2.81. The summed E-state index contributed by atoms with van der Waals surface area (Å²) in [5, 5.41) is 7.50. The molecule has 0 radical (unpaired) electrons. The molecule has 0 aromatic carbocycles. The topological polar surface area (TPSA) is 75.0 Å². The molecule has 8 heteroatoms. The van der Waals surface area contributed by atoms with E-state index < -0.39 is 0 Å². The summed E-state index contributed by atoms with van der Waals surface area (Å²) in [5.41, 5.74) is 0.850. The van der Waals surface area contributed by atoms with Gasteiger partial charge in [0, 0.05) is 58.8 Å². The Kier molecular flexibility index (Phi) is 5.60. The van der Waals surface area contributed by atoms with E-state index in [9.17, 15) is 4.79 Å². The molecule has 0 aliphatic carbocycles. The highest BCUT2D eigenvalue weighted by molar-refractivity contribution is 5.78. The molecule has 1 amide bonds. The average molecular weight is 332 g/mol. The van der Waals surface area contributed by atoms with Gasteiger partial charge in [-0.05, 0) is 18.6 Å². The zero-order valence-corrected chi connectivity index (χ0v) is 14.0. The fraction of sp³-hybridized carbons (Fsp3) is 0.562. The van der Waals surface area contributed by atoms with Gasteiger partial charge in [0.15, 0.2) is 5.65 Å². The lowest BCUT2D eigenvalue weighted by atomic mass is 10.3. The second-order valence-electron chi connectivity index (χ2n) is 5.88. The number of methoxy groups -OCH3 is 1. The van der Waals surface area contributed by atoms with Crippen LogP contribution in [-0.2, 0) is 9.53 Å². The number of hydrogen-bond acceptors (Lipinski definition) is 6. The van der Waals surface area contributed by atoms with Crippen molar-refractivity contribution in [3.63, 3.8) is 0 Å². The van der Waals surface area contributed by atoms with Crippen molar-refractivity contribution in [2.24, 2.45) is 0 Å². The van der Waals surface area contributed by atoms with Gasteiger partial charge in [-0.1, -0.05) is 0 Å². The highest BCUT2D eigenvalue weighted by Gasteiger charge is 2.20. The molecule has 3 rings (SSSR count). The van der Waals surface area contributed by atoms with Gasteiger partial charge in [-0.2, -0.15) is 0 Å². The van der Waals surface area contributed by atoms with Gasteiger partial charge in [0.05, 0.1) is 6.54 Å². The summed E-state index contributed by atoms with van der Waals surface area (Å²) in [7, 11) is 1.67. The van der Waals surface area contributed by atoms with Crippen molar-refractivity contribution in [3.05, 3.63) is 24.5 Å². The number of nitrogens with zero attached hydrogens (tertiary/aromatic N) is 5. The molecule has 2 aromatic rings. The van der Waals surface area contributed by atoms with Crippen LogP contribution in [0.3, 0.4) is 0 Å². The number of fused-ring (bicyclic) bond motifs is 1. The summed E-state index contributed by atoms with van der Waals surface area (Å²) < 4.78 is 6.76. The molecule has 0 saturated carbocycles. The molecule has 1 saturated heterocycles. The first-order chi connectivity index (χ1) is 11.8. The maximum atomic E-state index is 11.9. The van der Waals surface area contributed by atoms with Crippen LogP contribution >= 0.6 is 0 Å². The largest absolute Gasteiger partial charge is 0.385 e. The molecule has 24 heavy (non-hydrogen) atoms. The van der Waals surface area contributed by atoms with Crippen molar-refractivity contribution in [2.45, 2.75) is 6.42 Å². The van der Waals surface area contributed by atoms with Crippen LogP contribution in [0, 0.1) is 0 Å². The van der Waals surface area contributed by atoms with Crippen molar-refractivity contribution in [3.8, 4) is 0 Å². The van der Waals surface area contributed by atoms with Gasteiger partial charge in [-0.15, -0.1) is 5.10 Å². The van der Waals surface area contributed by atoms with Crippen LogP contribution in [0.1, 0.15) is 6.42 Å². The van der Waals surface area contributed by atoms with Gasteiger partial charge < -0.3 is 15.0 Å². The molecule has 0 bridgehead atoms. The molecular formula is C16H24N6O2. The number of carbonyl (C=O) groups excluding carboxylic acids is 1. The normalized spacial score (nSPS) is 15.8. The average Bonchev–Trinajstić information content (AvgIpc) is 3.07. The predicted octanol–water partition coefficient (Wildman–Crippen LogP) is 0.00400. The Bertz CT molecular complexity index is 665. The Morgan fingerprint density at radius 1 is 1.29 bits per heavy atom.